The fourth-order valence-corrected chi connectivity index (χ4v) is 3.91. The molecule has 0 aliphatic carbocycles. The highest BCUT2D eigenvalue weighted by Gasteiger charge is 2.24. The standard InChI is InChI=1S/C17H11ClN2O3S/c1-23-17-14-8-12(18)4-7-15(14)20-10-16(17)24(21,22)13-5-2-11(9-19)3-6-13/h2-8,10H,1H3. The van der Waals surface area contributed by atoms with Gasteiger partial charge >= 0.3 is 0 Å². The Kier molecular flexibility index (Phi) is 4.14. The number of fused-ring (bicyclic) bond motifs is 1. The summed E-state index contributed by atoms with van der Waals surface area (Å²) in [6, 6.07) is 12.6. The van der Waals surface area contributed by atoms with E-state index in [4.69, 9.17) is 21.6 Å². The van der Waals surface area contributed by atoms with Crippen molar-refractivity contribution in [2.24, 2.45) is 0 Å². The largest absolute Gasteiger partial charge is 0.495 e. The number of sulfone groups is 1. The molecule has 0 atom stereocenters. The molecule has 2 aromatic carbocycles. The first-order valence-electron chi connectivity index (χ1n) is 6.85. The van der Waals surface area contributed by atoms with Gasteiger partial charge in [-0.2, -0.15) is 5.26 Å². The average molecular weight is 359 g/mol. The minimum Gasteiger partial charge on any atom is -0.495 e. The van der Waals surface area contributed by atoms with Gasteiger partial charge in [0.15, 0.2) is 0 Å². The van der Waals surface area contributed by atoms with Crippen LogP contribution in [0, 0.1) is 11.3 Å². The van der Waals surface area contributed by atoms with Crippen molar-refractivity contribution in [1.29, 1.82) is 5.26 Å². The summed E-state index contributed by atoms with van der Waals surface area (Å²) in [5.41, 5.74) is 0.958. The number of rotatable bonds is 3. The molecular weight excluding hydrogens is 348 g/mol. The molecule has 0 spiro atoms. The Bertz CT molecular complexity index is 1070. The molecule has 0 unspecified atom stereocenters. The molecule has 0 fully saturated rings. The number of hydrogen-bond donors (Lipinski definition) is 0. The molecule has 0 saturated carbocycles. The number of aromatic nitrogens is 1. The highest BCUT2D eigenvalue weighted by molar-refractivity contribution is 7.91. The third-order valence-electron chi connectivity index (χ3n) is 3.54. The van der Waals surface area contributed by atoms with Crippen LogP contribution in [0.25, 0.3) is 10.9 Å². The molecule has 3 aromatic rings. The second kappa shape index (κ2) is 6.11. The molecule has 0 aliphatic rings. The summed E-state index contributed by atoms with van der Waals surface area (Å²) in [6.45, 7) is 0. The summed E-state index contributed by atoms with van der Waals surface area (Å²) < 4.78 is 31.1. The smallest absolute Gasteiger partial charge is 0.211 e. The topological polar surface area (TPSA) is 80.0 Å². The monoisotopic (exact) mass is 358 g/mol. The van der Waals surface area contributed by atoms with E-state index in [1.165, 1.54) is 37.6 Å². The number of nitrogens with zero attached hydrogens (tertiary/aromatic N) is 2. The van der Waals surface area contributed by atoms with Crippen LogP contribution >= 0.6 is 11.6 Å². The van der Waals surface area contributed by atoms with Crippen molar-refractivity contribution in [3.63, 3.8) is 0 Å². The number of hydrogen-bond acceptors (Lipinski definition) is 5. The van der Waals surface area contributed by atoms with E-state index in [0.29, 0.717) is 21.5 Å². The van der Waals surface area contributed by atoms with Crippen LogP contribution in [0.1, 0.15) is 5.56 Å². The maximum atomic E-state index is 12.9. The van der Waals surface area contributed by atoms with Crippen molar-refractivity contribution in [3.05, 3.63) is 59.2 Å². The predicted molar refractivity (Wildman–Crippen MR) is 89.9 cm³/mol. The maximum absolute atomic E-state index is 12.9. The zero-order valence-electron chi connectivity index (χ0n) is 12.5. The quantitative estimate of drug-likeness (QED) is 0.714. The molecule has 0 N–H and O–H groups in total. The van der Waals surface area contributed by atoms with Crippen molar-refractivity contribution in [1.82, 2.24) is 4.98 Å². The van der Waals surface area contributed by atoms with Crippen molar-refractivity contribution >= 4 is 32.3 Å². The average Bonchev–Trinajstić information content (AvgIpc) is 2.60. The van der Waals surface area contributed by atoms with E-state index in [-0.39, 0.29) is 15.5 Å². The van der Waals surface area contributed by atoms with E-state index in [9.17, 15) is 8.42 Å². The molecule has 0 radical (unpaired) electrons. The predicted octanol–water partition coefficient (Wildman–Crippen LogP) is 3.60. The van der Waals surface area contributed by atoms with Gasteiger partial charge in [0.2, 0.25) is 9.84 Å². The minimum atomic E-state index is -3.85. The third-order valence-corrected chi connectivity index (χ3v) is 5.53. The first-order chi connectivity index (χ1) is 11.5. The van der Waals surface area contributed by atoms with Crippen LogP contribution < -0.4 is 4.74 Å². The summed E-state index contributed by atoms with van der Waals surface area (Å²) >= 11 is 6.00. The van der Waals surface area contributed by atoms with Gasteiger partial charge < -0.3 is 4.74 Å². The van der Waals surface area contributed by atoms with E-state index in [2.05, 4.69) is 4.98 Å². The van der Waals surface area contributed by atoms with Gasteiger partial charge in [0.1, 0.15) is 10.6 Å². The summed E-state index contributed by atoms with van der Waals surface area (Å²) in [4.78, 5) is 4.19. The number of methoxy groups -OCH3 is 1. The van der Waals surface area contributed by atoms with E-state index in [1.807, 2.05) is 6.07 Å². The van der Waals surface area contributed by atoms with Gasteiger partial charge in [0.05, 0.1) is 35.4 Å². The van der Waals surface area contributed by atoms with Gasteiger partial charge in [-0.05, 0) is 42.5 Å². The van der Waals surface area contributed by atoms with Gasteiger partial charge in [-0.3, -0.25) is 4.98 Å². The molecule has 7 heteroatoms. The van der Waals surface area contributed by atoms with E-state index in [0.717, 1.165) is 0 Å². The Balaban J connectivity index is 2.25. The Hall–Kier alpha value is -2.62. The minimum absolute atomic E-state index is 0.0514. The molecule has 120 valence electrons. The lowest BCUT2D eigenvalue weighted by Gasteiger charge is -2.12. The second-order valence-electron chi connectivity index (χ2n) is 4.96. The molecule has 0 bridgehead atoms. The number of ether oxygens (including phenoxy) is 1. The molecule has 1 heterocycles. The van der Waals surface area contributed by atoms with Crippen LogP contribution in [-0.4, -0.2) is 20.5 Å². The molecule has 0 amide bonds. The Labute approximate surface area is 144 Å². The summed E-state index contributed by atoms with van der Waals surface area (Å²) in [7, 11) is -2.45. The molecule has 24 heavy (non-hydrogen) atoms. The van der Waals surface area contributed by atoms with E-state index in [1.54, 1.807) is 18.2 Å². The molecule has 5 nitrogen and oxygen atoms in total. The Morgan fingerprint density at radius 1 is 1.17 bits per heavy atom. The Morgan fingerprint density at radius 3 is 2.50 bits per heavy atom. The number of halogens is 1. The van der Waals surface area contributed by atoms with Crippen LogP contribution in [0.5, 0.6) is 5.75 Å². The molecular formula is C17H11ClN2O3S. The molecule has 0 saturated heterocycles. The van der Waals surface area contributed by atoms with Gasteiger partial charge in [-0.15, -0.1) is 0 Å². The number of nitriles is 1. The maximum Gasteiger partial charge on any atom is 0.211 e. The van der Waals surface area contributed by atoms with Crippen LogP contribution in [0.2, 0.25) is 5.02 Å². The normalized spacial score (nSPS) is 11.2. The SMILES string of the molecule is COc1c(S(=O)(=O)c2ccc(C#N)cc2)cnc2ccc(Cl)cc12. The first kappa shape index (κ1) is 16.2. The lowest BCUT2D eigenvalue weighted by atomic mass is 10.2. The molecule has 3 rings (SSSR count). The molecule has 0 aliphatic heterocycles. The van der Waals surface area contributed by atoms with Gasteiger partial charge in [-0.1, -0.05) is 11.6 Å². The van der Waals surface area contributed by atoms with Crippen molar-refractivity contribution < 1.29 is 13.2 Å². The third kappa shape index (κ3) is 2.68. The summed E-state index contributed by atoms with van der Waals surface area (Å²) in [6.07, 6.45) is 1.27. The summed E-state index contributed by atoms with van der Waals surface area (Å²) in [5.74, 6) is 0.187. The van der Waals surface area contributed by atoms with Crippen LogP contribution in [0.4, 0.5) is 0 Å². The van der Waals surface area contributed by atoms with Crippen LogP contribution in [0.15, 0.2) is 58.5 Å². The zero-order valence-corrected chi connectivity index (χ0v) is 14.1. The number of pyridine rings is 1. The fourth-order valence-electron chi connectivity index (χ4n) is 2.36. The summed E-state index contributed by atoms with van der Waals surface area (Å²) in [5, 5.41) is 9.80. The van der Waals surface area contributed by atoms with Crippen LogP contribution in [-0.2, 0) is 9.84 Å². The first-order valence-corrected chi connectivity index (χ1v) is 8.71. The number of benzene rings is 2. The van der Waals surface area contributed by atoms with Gasteiger partial charge in [0.25, 0.3) is 0 Å². The van der Waals surface area contributed by atoms with E-state index < -0.39 is 9.84 Å². The molecule has 1 aromatic heterocycles. The lowest BCUT2D eigenvalue weighted by Crippen LogP contribution is -2.06. The zero-order chi connectivity index (χ0) is 17.3. The van der Waals surface area contributed by atoms with Crippen molar-refractivity contribution in [2.75, 3.05) is 7.11 Å². The highest BCUT2D eigenvalue weighted by Crippen LogP contribution is 2.35. The van der Waals surface area contributed by atoms with Gasteiger partial charge in [0, 0.05) is 10.4 Å². The highest BCUT2D eigenvalue weighted by atomic mass is 35.5. The lowest BCUT2D eigenvalue weighted by molar-refractivity contribution is 0.407. The van der Waals surface area contributed by atoms with Crippen molar-refractivity contribution in [3.8, 4) is 11.8 Å². The second-order valence-corrected chi connectivity index (χ2v) is 7.31. The van der Waals surface area contributed by atoms with E-state index >= 15 is 0 Å². The van der Waals surface area contributed by atoms with Crippen molar-refractivity contribution in [2.45, 2.75) is 9.79 Å². The Morgan fingerprint density at radius 2 is 1.88 bits per heavy atom. The van der Waals surface area contributed by atoms with Gasteiger partial charge in [-0.25, -0.2) is 8.42 Å². The fraction of sp³-hybridized carbons (Fsp3) is 0.0588. The van der Waals surface area contributed by atoms with Crippen LogP contribution in [0.3, 0.4) is 0 Å².